The Bertz CT molecular complexity index is 543. The van der Waals surface area contributed by atoms with Gasteiger partial charge in [0.2, 0.25) is 0 Å². The summed E-state index contributed by atoms with van der Waals surface area (Å²) in [6.07, 6.45) is 6.73. The molecule has 0 bridgehead atoms. The Hall–Kier alpha value is -1.63. The van der Waals surface area contributed by atoms with Gasteiger partial charge in [0, 0.05) is 11.9 Å². The molecule has 0 aliphatic heterocycles. The maximum atomic E-state index is 4.36. The van der Waals surface area contributed by atoms with Crippen LogP contribution in [0.15, 0.2) is 36.5 Å². The topological polar surface area (TPSA) is 12.9 Å². The van der Waals surface area contributed by atoms with Crippen LogP contribution in [0.4, 0.5) is 0 Å². The maximum absolute atomic E-state index is 4.36. The van der Waals surface area contributed by atoms with Crippen LogP contribution < -0.4 is 0 Å². The number of pyridine rings is 1. The fourth-order valence-electron chi connectivity index (χ4n) is 2.60. The predicted molar refractivity (Wildman–Crippen MR) is 71.1 cm³/mol. The van der Waals surface area contributed by atoms with Crippen molar-refractivity contribution in [2.75, 3.05) is 0 Å². The lowest BCUT2D eigenvalue weighted by atomic mass is 10.0. The van der Waals surface area contributed by atoms with Gasteiger partial charge < -0.3 is 0 Å². The number of benzene rings is 1. The fraction of sp³-hybridized carbons (Fsp3) is 0.312. The lowest BCUT2D eigenvalue weighted by molar-refractivity contribution is 0.912. The van der Waals surface area contributed by atoms with Gasteiger partial charge in [0.05, 0.1) is 0 Å². The summed E-state index contributed by atoms with van der Waals surface area (Å²) in [4.78, 5) is 4.36. The van der Waals surface area contributed by atoms with Crippen molar-refractivity contribution in [1.29, 1.82) is 0 Å². The molecule has 1 aliphatic rings. The lowest BCUT2D eigenvalue weighted by Gasteiger charge is -2.06. The van der Waals surface area contributed by atoms with Gasteiger partial charge in [-0.15, -0.1) is 0 Å². The van der Waals surface area contributed by atoms with Crippen LogP contribution >= 0.6 is 0 Å². The van der Waals surface area contributed by atoms with Crippen molar-refractivity contribution in [1.82, 2.24) is 4.98 Å². The predicted octanol–water partition coefficient (Wildman–Crippen LogP) is 3.80. The first kappa shape index (κ1) is 10.5. The van der Waals surface area contributed by atoms with Crippen LogP contribution in [-0.4, -0.2) is 4.98 Å². The molecule has 1 heteroatoms. The molecule has 0 spiro atoms. The van der Waals surface area contributed by atoms with Crippen LogP contribution in [0.5, 0.6) is 0 Å². The van der Waals surface area contributed by atoms with Crippen LogP contribution in [0.2, 0.25) is 0 Å². The molecule has 0 saturated carbocycles. The third-order valence-corrected chi connectivity index (χ3v) is 3.61. The monoisotopic (exact) mass is 223 g/mol. The summed E-state index contributed by atoms with van der Waals surface area (Å²) < 4.78 is 0. The SMILES string of the molecule is CCc1cc(-c2ccc3c(c2)CCC3)ccn1. The number of aryl methyl sites for hydroxylation is 3. The Morgan fingerprint density at radius 1 is 1.00 bits per heavy atom. The van der Waals surface area contributed by atoms with Gasteiger partial charge in [0.1, 0.15) is 0 Å². The van der Waals surface area contributed by atoms with E-state index in [9.17, 15) is 0 Å². The second-order valence-corrected chi connectivity index (χ2v) is 4.73. The number of rotatable bonds is 2. The van der Waals surface area contributed by atoms with Crippen LogP contribution in [0.25, 0.3) is 11.1 Å². The Kier molecular flexibility index (Phi) is 2.68. The maximum Gasteiger partial charge on any atom is 0.0407 e. The van der Waals surface area contributed by atoms with E-state index >= 15 is 0 Å². The zero-order valence-corrected chi connectivity index (χ0v) is 10.2. The molecular weight excluding hydrogens is 206 g/mol. The normalized spacial score (nSPS) is 13.7. The average molecular weight is 223 g/mol. The van der Waals surface area contributed by atoms with Crippen LogP contribution in [0.3, 0.4) is 0 Å². The van der Waals surface area contributed by atoms with E-state index in [0.717, 1.165) is 6.42 Å². The minimum absolute atomic E-state index is 0.999. The van der Waals surface area contributed by atoms with Crippen molar-refractivity contribution in [2.45, 2.75) is 32.6 Å². The second-order valence-electron chi connectivity index (χ2n) is 4.73. The molecule has 1 aromatic carbocycles. The summed E-state index contributed by atoms with van der Waals surface area (Å²) in [5.74, 6) is 0. The third kappa shape index (κ3) is 1.97. The summed E-state index contributed by atoms with van der Waals surface area (Å²) in [6, 6.07) is 11.2. The number of hydrogen-bond acceptors (Lipinski definition) is 1. The van der Waals surface area contributed by atoms with Gasteiger partial charge in [-0.2, -0.15) is 0 Å². The molecule has 1 aliphatic carbocycles. The molecule has 0 amide bonds. The second kappa shape index (κ2) is 4.33. The van der Waals surface area contributed by atoms with Crippen molar-refractivity contribution in [3.8, 4) is 11.1 Å². The van der Waals surface area contributed by atoms with Gasteiger partial charge in [-0.05, 0) is 60.1 Å². The first-order chi connectivity index (χ1) is 8.36. The van der Waals surface area contributed by atoms with Gasteiger partial charge in [0.25, 0.3) is 0 Å². The molecule has 1 nitrogen and oxygen atoms in total. The summed E-state index contributed by atoms with van der Waals surface area (Å²) in [7, 11) is 0. The number of hydrogen-bond donors (Lipinski definition) is 0. The van der Waals surface area contributed by atoms with E-state index in [2.05, 4.69) is 42.2 Å². The summed E-state index contributed by atoms with van der Waals surface area (Å²) >= 11 is 0. The van der Waals surface area contributed by atoms with Gasteiger partial charge in [-0.1, -0.05) is 25.1 Å². The summed E-state index contributed by atoms with van der Waals surface area (Å²) in [6.45, 7) is 2.15. The van der Waals surface area contributed by atoms with Crippen LogP contribution in [0, 0.1) is 0 Å². The third-order valence-electron chi connectivity index (χ3n) is 3.61. The van der Waals surface area contributed by atoms with Gasteiger partial charge in [0.15, 0.2) is 0 Å². The quantitative estimate of drug-likeness (QED) is 0.754. The minimum atomic E-state index is 0.999. The zero-order valence-electron chi connectivity index (χ0n) is 10.2. The van der Waals surface area contributed by atoms with Crippen molar-refractivity contribution >= 4 is 0 Å². The largest absolute Gasteiger partial charge is 0.261 e. The molecular formula is C16H17N. The first-order valence-electron chi connectivity index (χ1n) is 6.44. The van der Waals surface area contributed by atoms with Crippen LogP contribution in [0.1, 0.15) is 30.2 Å². The highest BCUT2D eigenvalue weighted by atomic mass is 14.7. The van der Waals surface area contributed by atoms with Gasteiger partial charge in [-0.3, -0.25) is 4.98 Å². The molecule has 0 atom stereocenters. The van der Waals surface area contributed by atoms with Crippen molar-refractivity contribution < 1.29 is 0 Å². The molecule has 3 rings (SSSR count). The van der Waals surface area contributed by atoms with Crippen molar-refractivity contribution in [3.05, 3.63) is 53.3 Å². The Labute approximate surface area is 103 Å². The smallest absolute Gasteiger partial charge is 0.0407 e. The Morgan fingerprint density at radius 3 is 2.71 bits per heavy atom. The van der Waals surface area contributed by atoms with Gasteiger partial charge >= 0.3 is 0 Å². The number of nitrogens with zero attached hydrogens (tertiary/aromatic N) is 1. The van der Waals surface area contributed by atoms with E-state index in [1.807, 2.05) is 6.20 Å². The molecule has 2 aromatic rings. The molecule has 0 radical (unpaired) electrons. The van der Waals surface area contributed by atoms with Crippen molar-refractivity contribution in [2.24, 2.45) is 0 Å². The Balaban J connectivity index is 2.03. The number of fused-ring (bicyclic) bond motifs is 1. The molecule has 86 valence electrons. The highest BCUT2D eigenvalue weighted by Crippen LogP contribution is 2.28. The highest BCUT2D eigenvalue weighted by Gasteiger charge is 2.11. The summed E-state index contributed by atoms with van der Waals surface area (Å²) in [5, 5.41) is 0. The first-order valence-corrected chi connectivity index (χ1v) is 6.44. The minimum Gasteiger partial charge on any atom is -0.261 e. The molecule has 0 N–H and O–H groups in total. The van der Waals surface area contributed by atoms with Gasteiger partial charge in [-0.25, -0.2) is 0 Å². The Morgan fingerprint density at radius 2 is 1.82 bits per heavy atom. The zero-order chi connectivity index (χ0) is 11.7. The molecule has 0 fully saturated rings. The average Bonchev–Trinajstić information content (AvgIpc) is 2.86. The van der Waals surface area contributed by atoms with E-state index in [0.29, 0.717) is 0 Å². The van der Waals surface area contributed by atoms with E-state index < -0.39 is 0 Å². The lowest BCUT2D eigenvalue weighted by Crippen LogP contribution is -1.89. The fourth-order valence-corrected chi connectivity index (χ4v) is 2.60. The molecule has 0 saturated heterocycles. The van der Waals surface area contributed by atoms with E-state index in [1.165, 1.54) is 41.6 Å². The molecule has 0 unspecified atom stereocenters. The number of aromatic nitrogens is 1. The summed E-state index contributed by atoms with van der Waals surface area (Å²) in [5.41, 5.74) is 6.88. The van der Waals surface area contributed by atoms with E-state index in [1.54, 1.807) is 5.56 Å². The van der Waals surface area contributed by atoms with Crippen LogP contribution in [-0.2, 0) is 19.3 Å². The molecule has 17 heavy (non-hydrogen) atoms. The standard InChI is InChI=1S/C16H17N/c1-2-16-11-15(8-9-17-16)14-7-6-12-4-3-5-13(12)10-14/h6-11H,2-5H2,1H3. The molecule has 1 heterocycles. The van der Waals surface area contributed by atoms with E-state index in [4.69, 9.17) is 0 Å². The molecule has 1 aromatic heterocycles. The van der Waals surface area contributed by atoms with E-state index in [-0.39, 0.29) is 0 Å². The highest BCUT2D eigenvalue weighted by molar-refractivity contribution is 5.65. The van der Waals surface area contributed by atoms with Crippen molar-refractivity contribution in [3.63, 3.8) is 0 Å².